The fourth-order valence-electron chi connectivity index (χ4n) is 2.75. The molecule has 0 spiro atoms. The van der Waals surface area contributed by atoms with Crippen LogP contribution in [0.3, 0.4) is 0 Å². The van der Waals surface area contributed by atoms with Crippen molar-refractivity contribution in [2.45, 2.75) is 25.6 Å². The van der Waals surface area contributed by atoms with Crippen LogP contribution in [0.2, 0.25) is 5.02 Å². The van der Waals surface area contributed by atoms with Crippen molar-refractivity contribution in [2.75, 3.05) is 7.05 Å². The topological polar surface area (TPSA) is 53.9 Å². The molecule has 3 rings (SSSR count). The summed E-state index contributed by atoms with van der Waals surface area (Å²) in [7, 11) is 1.76. The van der Waals surface area contributed by atoms with E-state index in [0.717, 1.165) is 11.1 Å². The van der Waals surface area contributed by atoms with Gasteiger partial charge in [-0.25, -0.2) is 14.9 Å². The smallest absolute Gasteiger partial charge is 0.225 e. The molecule has 0 aliphatic carbocycles. The molecule has 130 valence electrons. The van der Waals surface area contributed by atoms with Gasteiger partial charge in [-0.2, -0.15) is 0 Å². The van der Waals surface area contributed by atoms with Gasteiger partial charge in [0, 0.05) is 19.2 Å². The van der Waals surface area contributed by atoms with E-state index < -0.39 is 5.72 Å². The Morgan fingerprint density at radius 3 is 2.60 bits per heavy atom. The first-order chi connectivity index (χ1) is 12.0. The highest BCUT2D eigenvalue weighted by Crippen LogP contribution is 2.30. The number of halogens is 1. The quantitative estimate of drug-likeness (QED) is 0.892. The number of rotatable bonds is 5. The molecule has 5 nitrogen and oxygen atoms in total. The number of nitrogens with zero attached hydrogens (tertiary/aromatic N) is 2. The van der Waals surface area contributed by atoms with E-state index in [-0.39, 0.29) is 12.3 Å². The van der Waals surface area contributed by atoms with E-state index in [1.165, 1.54) is 0 Å². The van der Waals surface area contributed by atoms with Crippen LogP contribution in [-0.2, 0) is 16.2 Å². The Kier molecular flexibility index (Phi) is 5.06. The first-order valence-corrected chi connectivity index (χ1v) is 8.43. The zero-order chi connectivity index (χ0) is 17.9. The van der Waals surface area contributed by atoms with Gasteiger partial charge in [-0.05, 0) is 24.6 Å². The summed E-state index contributed by atoms with van der Waals surface area (Å²) in [4.78, 5) is 22.7. The fourth-order valence-corrected chi connectivity index (χ4v) is 2.97. The highest BCUT2D eigenvalue weighted by Gasteiger charge is 2.38. The lowest BCUT2D eigenvalue weighted by Gasteiger charge is -2.21. The molecule has 1 atom stereocenters. The van der Waals surface area contributed by atoms with Crippen molar-refractivity contribution in [3.05, 3.63) is 70.7 Å². The summed E-state index contributed by atoms with van der Waals surface area (Å²) in [6.45, 7) is 2.27. The maximum absolute atomic E-state index is 12.3. The van der Waals surface area contributed by atoms with Crippen LogP contribution in [0, 0.1) is 0 Å². The lowest BCUT2D eigenvalue weighted by Crippen LogP contribution is -2.35. The van der Waals surface area contributed by atoms with Crippen LogP contribution in [0.5, 0.6) is 0 Å². The number of hydrogen-bond donors (Lipinski definition) is 1. The molecule has 1 N–H and O–H groups in total. The number of amidine groups is 1. The van der Waals surface area contributed by atoms with E-state index in [2.05, 4.69) is 10.3 Å². The molecule has 0 radical (unpaired) electrons. The van der Waals surface area contributed by atoms with Gasteiger partial charge in [0.25, 0.3) is 0 Å². The summed E-state index contributed by atoms with van der Waals surface area (Å²) in [6, 6.07) is 17.2. The van der Waals surface area contributed by atoms with E-state index in [1.54, 1.807) is 25.1 Å². The van der Waals surface area contributed by atoms with Crippen molar-refractivity contribution in [1.82, 2.24) is 10.4 Å². The molecule has 1 heterocycles. The first kappa shape index (κ1) is 17.5. The summed E-state index contributed by atoms with van der Waals surface area (Å²) in [5, 5.41) is 5.05. The SMILES string of the molecule is CN1OC(C)(CC(=O)NCc2ccccc2)N=C1c1ccccc1Cl. The lowest BCUT2D eigenvalue weighted by molar-refractivity contribution is -0.166. The monoisotopic (exact) mass is 357 g/mol. The molecule has 25 heavy (non-hydrogen) atoms. The highest BCUT2D eigenvalue weighted by atomic mass is 35.5. The van der Waals surface area contributed by atoms with Gasteiger partial charge >= 0.3 is 0 Å². The zero-order valence-electron chi connectivity index (χ0n) is 14.2. The van der Waals surface area contributed by atoms with Gasteiger partial charge in [0.2, 0.25) is 5.91 Å². The number of nitrogens with one attached hydrogen (secondary N) is 1. The summed E-state index contributed by atoms with van der Waals surface area (Å²) in [5.41, 5.74) is 0.870. The van der Waals surface area contributed by atoms with Crippen LogP contribution in [0.25, 0.3) is 0 Å². The minimum Gasteiger partial charge on any atom is -0.352 e. The minimum atomic E-state index is -0.954. The standard InChI is InChI=1S/C19H20ClN3O2/c1-19(12-17(24)21-13-14-8-4-3-5-9-14)22-18(23(2)25-19)15-10-6-7-11-16(15)20/h3-11H,12-13H2,1-2H3,(H,21,24). The number of hydrogen-bond acceptors (Lipinski definition) is 4. The second-order valence-electron chi connectivity index (χ2n) is 6.12. The number of carbonyl (C=O) groups is 1. The second kappa shape index (κ2) is 7.25. The summed E-state index contributed by atoms with van der Waals surface area (Å²) in [5.74, 6) is 0.493. The molecular formula is C19H20ClN3O2. The Bertz CT molecular complexity index is 794. The Hall–Kier alpha value is -2.37. The van der Waals surface area contributed by atoms with Crippen LogP contribution in [0.1, 0.15) is 24.5 Å². The Labute approximate surface area is 152 Å². The van der Waals surface area contributed by atoms with Gasteiger partial charge in [-0.3, -0.25) is 4.79 Å². The fraction of sp³-hybridized carbons (Fsp3) is 0.263. The van der Waals surface area contributed by atoms with E-state index >= 15 is 0 Å². The number of aliphatic imine (C=N–C) groups is 1. The molecule has 1 aliphatic rings. The van der Waals surface area contributed by atoms with Crippen molar-refractivity contribution in [2.24, 2.45) is 4.99 Å². The molecular weight excluding hydrogens is 338 g/mol. The predicted octanol–water partition coefficient (Wildman–Crippen LogP) is 3.39. The van der Waals surface area contributed by atoms with Crippen LogP contribution in [0.4, 0.5) is 0 Å². The van der Waals surface area contributed by atoms with Gasteiger partial charge in [-0.15, -0.1) is 0 Å². The van der Waals surface area contributed by atoms with Crippen molar-refractivity contribution in [3.63, 3.8) is 0 Å². The van der Waals surface area contributed by atoms with E-state index in [0.29, 0.717) is 17.4 Å². The summed E-state index contributed by atoms with van der Waals surface area (Å²) in [6.07, 6.45) is 0.123. The van der Waals surface area contributed by atoms with E-state index in [9.17, 15) is 4.79 Å². The zero-order valence-corrected chi connectivity index (χ0v) is 15.0. The van der Waals surface area contributed by atoms with Crippen LogP contribution in [-0.4, -0.2) is 29.6 Å². The molecule has 0 fully saturated rings. The maximum Gasteiger partial charge on any atom is 0.225 e. The summed E-state index contributed by atoms with van der Waals surface area (Å²) >= 11 is 6.24. The molecule has 1 aliphatic heterocycles. The van der Waals surface area contributed by atoms with Gasteiger partial charge in [0.15, 0.2) is 11.6 Å². The van der Waals surface area contributed by atoms with E-state index in [4.69, 9.17) is 16.4 Å². The molecule has 2 aromatic rings. The minimum absolute atomic E-state index is 0.121. The highest BCUT2D eigenvalue weighted by molar-refractivity contribution is 6.34. The predicted molar refractivity (Wildman–Crippen MR) is 98.1 cm³/mol. The normalized spacial score (nSPS) is 19.6. The maximum atomic E-state index is 12.3. The third-order valence-corrected chi connectivity index (χ3v) is 4.24. The number of carbonyl (C=O) groups excluding carboxylic acids is 1. The third kappa shape index (κ3) is 4.18. The van der Waals surface area contributed by atoms with Crippen LogP contribution >= 0.6 is 11.6 Å². The third-order valence-electron chi connectivity index (χ3n) is 3.91. The molecule has 6 heteroatoms. The average Bonchev–Trinajstić information content (AvgIpc) is 2.88. The molecule has 1 unspecified atom stereocenters. The number of amides is 1. The molecule has 0 saturated heterocycles. The van der Waals surface area contributed by atoms with Crippen LogP contribution < -0.4 is 5.32 Å². The largest absolute Gasteiger partial charge is 0.352 e. The molecule has 0 aromatic heterocycles. The van der Waals surface area contributed by atoms with Crippen LogP contribution in [0.15, 0.2) is 59.6 Å². The molecule has 1 amide bonds. The van der Waals surface area contributed by atoms with Crippen molar-refractivity contribution >= 4 is 23.3 Å². The molecule has 0 saturated carbocycles. The Morgan fingerprint density at radius 1 is 1.20 bits per heavy atom. The average molecular weight is 358 g/mol. The Balaban J connectivity index is 1.67. The van der Waals surface area contributed by atoms with E-state index in [1.807, 2.05) is 48.5 Å². The molecule has 2 aromatic carbocycles. The number of hydroxylamine groups is 2. The van der Waals surface area contributed by atoms with Gasteiger partial charge in [-0.1, -0.05) is 54.1 Å². The number of benzene rings is 2. The van der Waals surface area contributed by atoms with Crippen molar-refractivity contribution < 1.29 is 9.63 Å². The molecule has 0 bridgehead atoms. The van der Waals surface area contributed by atoms with Gasteiger partial charge in [0.1, 0.15) is 0 Å². The van der Waals surface area contributed by atoms with Gasteiger partial charge in [0.05, 0.1) is 11.4 Å². The summed E-state index contributed by atoms with van der Waals surface area (Å²) < 4.78 is 0. The first-order valence-electron chi connectivity index (χ1n) is 8.05. The van der Waals surface area contributed by atoms with Crippen molar-refractivity contribution in [3.8, 4) is 0 Å². The second-order valence-corrected chi connectivity index (χ2v) is 6.53. The van der Waals surface area contributed by atoms with Gasteiger partial charge < -0.3 is 5.32 Å². The lowest BCUT2D eigenvalue weighted by atomic mass is 10.1. The van der Waals surface area contributed by atoms with Crippen molar-refractivity contribution in [1.29, 1.82) is 0 Å². The Morgan fingerprint density at radius 2 is 1.88 bits per heavy atom.